The molecule has 0 heterocycles. The highest BCUT2D eigenvalue weighted by molar-refractivity contribution is 5.82. The van der Waals surface area contributed by atoms with E-state index in [9.17, 15) is 9.90 Å². The van der Waals surface area contributed by atoms with E-state index in [2.05, 4.69) is 0 Å². The molecule has 0 bridgehead atoms. The number of benzene rings is 1. The Kier molecular flexibility index (Phi) is 4.32. The maximum absolute atomic E-state index is 11.8. The van der Waals surface area contributed by atoms with E-state index in [1.54, 1.807) is 0 Å². The molecule has 0 unspecified atom stereocenters. The van der Waals surface area contributed by atoms with Crippen molar-refractivity contribution in [3.05, 3.63) is 41.5 Å². The zero-order chi connectivity index (χ0) is 13.0. The van der Waals surface area contributed by atoms with Crippen molar-refractivity contribution in [2.24, 2.45) is 5.92 Å². The normalized spacial score (nSPS) is 22.9. The predicted molar refractivity (Wildman–Crippen MR) is 73.1 cm³/mol. The summed E-state index contributed by atoms with van der Waals surface area (Å²) in [7, 11) is 0. The van der Waals surface area contributed by atoms with E-state index in [-0.39, 0.29) is 11.7 Å². The maximum Gasteiger partial charge on any atom is 0.138 e. The molecule has 2 heteroatoms. The average molecular weight is 244 g/mol. The summed E-state index contributed by atoms with van der Waals surface area (Å²) in [6.07, 6.45) is 4.81. The van der Waals surface area contributed by atoms with Crippen LogP contribution in [0.4, 0.5) is 0 Å². The lowest BCUT2D eigenvalue weighted by Crippen LogP contribution is -2.31. The monoisotopic (exact) mass is 244 g/mol. The minimum Gasteiger partial charge on any atom is -0.388 e. The summed E-state index contributed by atoms with van der Waals surface area (Å²) in [5.41, 5.74) is 1.94. The van der Waals surface area contributed by atoms with Crippen molar-refractivity contribution in [2.75, 3.05) is 0 Å². The third-order valence-electron chi connectivity index (χ3n) is 3.64. The lowest BCUT2D eigenvalue weighted by molar-refractivity contribution is -0.127. The first-order valence-electron chi connectivity index (χ1n) is 6.62. The molecule has 0 aliphatic heterocycles. The Balaban J connectivity index is 2.10. The number of aliphatic hydroxyl groups excluding tert-OH is 1. The van der Waals surface area contributed by atoms with Crippen molar-refractivity contribution < 1.29 is 9.90 Å². The van der Waals surface area contributed by atoms with Crippen LogP contribution in [0.2, 0.25) is 0 Å². The lowest BCUT2D eigenvalue weighted by atomic mass is 9.81. The predicted octanol–water partition coefficient (Wildman–Crippen LogP) is 3.21. The zero-order valence-electron chi connectivity index (χ0n) is 10.8. The lowest BCUT2D eigenvalue weighted by Gasteiger charge is -2.26. The van der Waals surface area contributed by atoms with Crippen LogP contribution in [0.5, 0.6) is 0 Å². The topological polar surface area (TPSA) is 37.3 Å². The summed E-state index contributed by atoms with van der Waals surface area (Å²) in [4.78, 5) is 11.8. The molecule has 18 heavy (non-hydrogen) atoms. The first kappa shape index (κ1) is 13.0. The van der Waals surface area contributed by atoms with Gasteiger partial charge in [-0.1, -0.05) is 42.8 Å². The van der Waals surface area contributed by atoms with Crippen LogP contribution in [-0.4, -0.2) is 17.0 Å². The Morgan fingerprint density at radius 1 is 1.33 bits per heavy atom. The Hall–Kier alpha value is -1.41. The van der Waals surface area contributed by atoms with Gasteiger partial charge in [0.05, 0.1) is 6.10 Å². The van der Waals surface area contributed by atoms with Crippen LogP contribution in [0.15, 0.2) is 35.9 Å². The largest absolute Gasteiger partial charge is 0.388 e. The minimum absolute atomic E-state index is 0.196. The van der Waals surface area contributed by atoms with Crippen molar-refractivity contribution in [3.8, 4) is 0 Å². The highest BCUT2D eigenvalue weighted by Gasteiger charge is 2.29. The van der Waals surface area contributed by atoms with E-state index >= 15 is 0 Å². The third kappa shape index (κ3) is 3.08. The number of carbonyl (C=O) groups excluding carboxylic acids is 1. The van der Waals surface area contributed by atoms with Crippen molar-refractivity contribution in [2.45, 2.75) is 38.7 Å². The second-order valence-corrected chi connectivity index (χ2v) is 5.06. The van der Waals surface area contributed by atoms with Crippen LogP contribution in [0.25, 0.3) is 6.08 Å². The van der Waals surface area contributed by atoms with Crippen molar-refractivity contribution in [1.29, 1.82) is 0 Å². The van der Waals surface area contributed by atoms with Crippen LogP contribution in [0.3, 0.4) is 0 Å². The number of ketones is 1. The van der Waals surface area contributed by atoms with Gasteiger partial charge in [-0.15, -0.1) is 0 Å². The Morgan fingerprint density at radius 3 is 2.72 bits per heavy atom. The molecule has 1 saturated carbocycles. The molecule has 1 N–H and O–H groups in total. The molecular formula is C16H20O2. The van der Waals surface area contributed by atoms with Gasteiger partial charge in [-0.3, -0.25) is 4.79 Å². The Bertz CT molecular complexity index is 434. The molecule has 1 aliphatic carbocycles. The van der Waals surface area contributed by atoms with Gasteiger partial charge >= 0.3 is 0 Å². The molecule has 1 fully saturated rings. The molecule has 96 valence electrons. The second-order valence-electron chi connectivity index (χ2n) is 5.06. The first-order chi connectivity index (χ1) is 8.68. The van der Waals surface area contributed by atoms with Gasteiger partial charge in [0.2, 0.25) is 0 Å². The number of hydrogen-bond acceptors (Lipinski definition) is 2. The molecule has 1 aromatic carbocycles. The van der Waals surface area contributed by atoms with E-state index in [4.69, 9.17) is 0 Å². The van der Waals surface area contributed by atoms with Crippen molar-refractivity contribution >= 4 is 11.9 Å². The summed E-state index contributed by atoms with van der Waals surface area (Å²) in [5.74, 6) is 0.0215. The van der Waals surface area contributed by atoms with Gasteiger partial charge in [0.15, 0.2) is 0 Å². The molecule has 0 aromatic heterocycles. The number of rotatable bonds is 3. The van der Waals surface area contributed by atoms with Crippen LogP contribution >= 0.6 is 0 Å². The summed E-state index contributed by atoms with van der Waals surface area (Å²) in [6, 6.07) is 9.90. The van der Waals surface area contributed by atoms with E-state index < -0.39 is 6.10 Å². The first-order valence-corrected chi connectivity index (χ1v) is 6.62. The minimum atomic E-state index is -0.627. The molecule has 1 aliphatic rings. The fourth-order valence-electron chi connectivity index (χ4n) is 2.56. The third-order valence-corrected chi connectivity index (χ3v) is 3.64. The van der Waals surface area contributed by atoms with E-state index in [0.717, 1.165) is 30.4 Å². The van der Waals surface area contributed by atoms with Gasteiger partial charge < -0.3 is 5.11 Å². The molecule has 0 amide bonds. The van der Waals surface area contributed by atoms with Gasteiger partial charge in [-0.25, -0.2) is 0 Å². The standard InChI is InChI=1S/C16H20O2/c1-12(11-13-7-3-2-4-8-13)16(18)14-9-5-6-10-15(14)17/h2-4,7-8,11,14,16,18H,5-6,9-10H2,1H3/b12-11+/t14-,16-/m0/s1. The Labute approximate surface area is 108 Å². The quantitative estimate of drug-likeness (QED) is 0.886. The van der Waals surface area contributed by atoms with E-state index in [1.807, 2.05) is 43.3 Å². The number of Topliss-reactive ketones (excluding diaryl/α,β-unsaturated/α-hetero) is 1. The van der Waals surface area contributed by atoms with Gasteiger partial charge in [-0.2, -0.15) is 0 Å². The highest BCUT2D eigenvalue weighted by atomic mass is 16.3. The number of carbonyl (C=O) groups is 1. The molecule has 2 nitrogen and oxygen atoms in total. The van der Waals surface area contributed by atoms with E-state index in [0.29, 0.717) is 6.42 Å². The summed E-state index contributed by atoms with van der Waals surface area (Å²) in [6.45, 7) is 1.90. The van der Waals surface area contributed by atoms with Gasteiger partial charge in [-0.05, 0) is 30.9 Å². The fraction of sp³-hybridized carbons (Fsp3) is 0.438. The molecule has 1 aromatic rings. The van der Waals surface area contributed by atoms with Gasteiger partial charge in [0, 0.05) is 12.3 Å². The molecule has 2 atom stereocenters. The fourth-order valence-corrected chi connectivity index (χ4v) is 2.56. The average Bonchev–Trinajstić information content (AvgIpc) is 2.39. The van der Waals surface area contributed by atoms with Crippen LogP contribution < -0.4 is 0 Å². The van der Waals surface area contributed by atoms with Crippen LogP contribution in [0, 0.1) is 5.92 Å². The summed E-state index contributed by atoms with van der Waals surface area (Å²) in [5, 5.41) is 10.3. The van der Waals surface area contributed by atoms with Crippen LogP contribution in [-0.2, 0) is 4.79 Å². The van der Waals surface area contributed by atoms with Crippen LogP contribution in [0.1, 0.15) is 38.2 Å². The number of aliphatic hydroxyl groups is 1. The maximum atomic E-state index is 11.8. The Morgan fingerprint density at radius 2 is 2.06 bits per heavy atom. The molecular weight excluding hydrogens is 224 g/mol. The van der Waals surface area contributed by atoms with Crippen molar-refractivity contribution in [3.63, 3.8) is 0 Å². The second kappa shape index (κ2) is 5.96. The zero-order valence-corrected chi connectivity index (χ0v) is 10.8. The molecule has 2 rings (SSSR count). The smallest absolute Gasteiger partial charge is 0.138 e. The summed E-state index contributed by atoms with van der Waals surface area (Å²) >= 11 is 0. The van der Waals surface area contributed by atoms with Gasteiger partial charge in [0.25, 0.3) is 0 Å². The van der Waals surface area contributed by atoms with E-state index in [1.165, 1.54) is 0 Å². The number of hydrogen-bond donors (Lipinski definition) is 1. The van der Waals surface area contributed by atoms with Gasteiger partial charge in [0.1, 0.15) is 5.78 Å². The molecule has 0 radical (unpaired) electrons. The SMILES string of the molecule is C/C(=C\c1ccccc1)[C@H](O)[C@H]1CCCCC1=O. The highest BCUT2D eigenvalue weighted by Crippen LogP contribution is 2.27. The van der Waals surface area contributed by atoms with Crippen molar-refractivity contribution in [1.82, 2.24) is 0 Å². The molecule has 0 spiro atoms. The molecule has 0 saturated heterocycles. The summed E-state index contributed by atoms with van der Waals surface area (Å²) < 4.78 is 0.